The Morgan fingerprint density at radius 2 is 2.12 bits per heavy atom. The molecule has 2 aromatic heterocycles. The van der Waals surface area contributed by atoms with Gasteiger partial charge < -0.3 is 10.0 Å². The lowest BCUT2D eigenvalue weighted by Gasteiger charge is -2.13. The molecule has 0 aliphatic rings. The van der Waals surface area contributed by atoms with Gasteiger partial charge in [0.25, 0.3) is 5.78 Å². The Morgan fingerprint density at radius 3 is 2.69 bits per heavy atom. The molecule has 1 N–H and O–H groups in total. The number of carbonyl (C=O) groups is 1. The summed E-state index contributed by atoms with van der Waals surface area (Å²) in [5.74, 6) is 0.397. The summed E-state index contributed by atoms with van der Waals surface area (Å²) < 4.78 is 1.52. The number of fused-ring (bicyclic) bond motifs is 1. The van der Waals surface area contributed by atoms with Crippen LogP contribution in [0, 0.1) is 6.92 Å². The Bertz CT molecular complexity index is 560. The van der Waals surface area contributed by atoms with Crippen LogP contribution in [-0.2, 0) is 0 Å². The molecular formula is C9H11N5O2. The molecule has 0 atom stereocenters. The number of hydrogen-bond donors (Lipinski definition) is 1. The second-order valence-electron chi connectivity index (χ2n) is 3.57. The summed E-state index contributed by atoms with van der Waals surface area (Å²) in [6, 6.07) is 1.46. The molecule has 0 amide bonds. The van der Waals surface area contributed by atoms with Crippen molar-refractivity contribution in [1.82, 2.24) is 19.6 Å². The van der Waals surface area contributed by atoms with Gasteiger partial charge >= 0.3 is 5.97 Å². The van der Waals surface area contributed by atoms with Gasteiger partial charge in [-0.2, -0.15) is 9.50 Å². The Balaban J connectivity index is 2.78. The molecule has 0 unspecified atom stereocenters. The normalized spacial score (nSPS) is 10.7. The van der Waals surface area contributed by atoms with E-state index >= 15 is 0 Å². The van der Waals surface area contributed by atoms with Crippen LogP contribution in [0.25, 0.3) is 5.78 Å². The summed E-state index contributed by atoms with van der Waals surface area (Å²) in [5, 5.41) is 13.1. The maximum absolute atomic E-state index is 10.9. The van der Waals surface area contributed by atoms with Gasteiger partial charge in [0.2, 0.25) is 0 Å². The maximum atomic E-state index is 10.9. The lowest BCUT2D eigenvalue weighted by atomic mass is 10.4. The topological polar surface area (TPSA) is 83.6 Å². The van der Waals surface area contributed by atoms with Crippen LogP contribution in [-0.4, -0.2) is 44.8 Å². The standard InChI is InChI=1S/C9H11N5O2/c1-5-10-9-11-6(8(15)16)4-7(13(2)3)14(9)12-5/h4H,1-3H3,(H,15,16). The highest BCUT2D eigenvalue weighted by molar-refractivity contribution is 5.86. The van der Waals surface area contributed by atoms with Gasteiger partial charge in [-0.25, -0.2) is 9.78 Å². The van der Waals surface area contributed by atoms with Crippen LogP contribution in [0.5, 0.6) is 0 Å². The monoisotopic (exact) mass is 221 g/mol. The minimum absolute atomic E-state index is 0.0383. The van der Waals surface area contributed by atoms with Gasteiger partial charge in [-0.1, -0.05) is 0 Å². The Kier molecular flexibility index (Phi) is 2.22. The van der Waals surface area contributed by atoms with E-state index < -0.39 is 5.97 Å². The zero-order valence-electron chi connectivity index (χ0n) is 9.17. The van der Waals surface area contributed by atoms with Gasteiger partial charge in [-0.3, -0.25) is 0 Å². The lowest BCUT2D eigenvalue weighted by molar-refractivity contribution is 0.0690. The number of aromatic nitrogens is 4. The highest BCUT2D eigenvalue weighted by Gasteiger charge is 2.14. The van der Waals surface area contributed by atoms with Crippen molar-refractivity contribution in [1.29, 1.82) is 0 Å². The van der Waals surface area contributed by atoms with Crippen LogP contribution >= 0.6 is 0 Å². The first-order valence-corrected chi connectivity index (χ1v) is 4.64. The largest absolute Gasteiger partial charge is 0.477 e. The predicted molar refractivity (Wildman–Crippen MR) is 56.8 cm³/mol. The van der Waals surface area contributed by atoms with Crippen LogP contribution in [0.1, 0.15) is 16.3 Å². The van der Waals surface area contributed by atoms with Crippen molar-refractivity contribution < 1.29 is 9.90 Å². The number of carboxylic acids is 1. The van der Waals surface area contributed by atoms with Gasteiger partial charge in [0.05, 0.1) is 0 Å². The minimum atomic E-state index is -1.08. The molecule has 7 nitrogen and oxygen atoms in total. The zero-order valence-corrected chi connectivity index (χ0v) is 9.17. The second kappa shape index (κ2) is 3.44. The van der Waals surface area contributed by atoms with E-state index in [1.165, 1.54) is 10.6 Å². The summed E-state index contributed by atoms with van der Waals surface area (Å²) in [5.41, 5.74) is -0.0383. The molecule has 7 heteroatoms. The summed E-state index contributed by atoms with van der Waals surface area (Å²) in [6.45, 7) is 1.73. The Hall–Kier alpha value is -2.18. The van der Waals surface area contributed by atoms with Crippen molar-refractivity contribution in [3.63, 3.8) is 0 Å². The molecular weight excluding hydrogens is 210 g/mol. The number of hydrogen-bond acceptors (Lipinski definition) is 5. The molecule has 0 bridgehead atoms. The van der Waals surface area contributed by atoms with Gasteiger partial charge in [0.15, 0.2) is 5.69 Å². The van der Waals surface area contributed by atoms with E-state index in [1.54, 1.807) is 25.9 Å². The first-order valence-electron chi connectivity index (χ1n) is 4.64. The fourth-order valence-electron chi connectivity index (χ4n) is 1.38. The highest BCUT2D eigenvalue weighted by Crippen LogP contribution is 2.14. The minimum Gasteiger partial charge on any atom is -0.477 e. The number of aryl methyl sites for hydroxylation is 1. The SMILES string of the molecule is Cc1nc2nc(C(=O)O)cc(N(C)C)n2n1. The number of aromatic carboxylic acids is 1. The molecule has 0 aliphatic heterocycles. The van der Waals surface area contributed by atoms with Crippen molar-refractivity contribution in [2.75, 3.05) is 19.0 Å². The van der Waals surface area contributed by atoms with E-state index in [9.17, 15) is 4.79 Å². The van der Waals surface area contributed by atoms with Crippen molar-refractivity contribution in [2.24, 2.45) is 0 Å². The second-order valence-corrected chi connectivity index (χ2v) is 3.57. The van der Waals surface area contributed by atoms with Gasteiger partial charge in [-0.15, -0.1) is 5.10 Å². The first kappa shape index (κ1) is 10.3. The molecule has 0 spiro atoms. The molecule has 84 valence electrons. The fraction of sp³-hybridized carbons (Fsp3) is 0.333. The number of nitrogens with zero attached hydrogens (tertiary/aromatic N) is 5. The van der Waals surface area contributed by atoms with Gasteiger partial charge in [0.1, 0.15) is 11.6 Å². The quantitative estimate of drug-likeness (QED) is 0.779. The third-order valence-corrected chi connectivity index (χ3v) is 2.08. The molecule has 0 saturated heterocycles. The Morgan fingerprint density at radius 1 is 1.44 bits per heavy atom. The van der Waals surface area contributed by atoms with E-state index in [-0.39, 0.29) is 5.69 Å². The van der Waals surface area contributed by atoms with Crippen molar-refractivity contribution >= 4 is 17.6 Å². The van der Waals surface area contributed by atoms with Crippen molar-refractivity contribution in [3.05, 3.63) is 17.6 Å². The van der Waals surface area contributed by atoms with Crippen LogP contribution < -0.4 is 4.90 Å². The number of anilines is 1. The van der Waals surface area contributed by atoms with Crippen molar-refractivity contribution in [3.8, 4) is 0 Å². The molecule has 2 heterocycles. The van der Waals surface area contributed by atoms with E-state index in [4.69, 9.17) is 5.11 Å². The summed E-state index contributed by atoms with van der Waals surface area (Å²) in [6.07, 6.45) is 0. The third-order valence-electron chi connectivity index (χ3n) is 2.08. The molecule has 2 aromatic rings. The van der Waals surface area contributed by atoms with Gasteiger partial charge in [-0.05, 0) is 6.92 Å². The summed E-state index contributed by atoms with van der Waals surface area (Å²) in [7, 11) is 3.61. The molecule has 2 rings (SSSR count). The number of rotatable bonds is 2. The molecule has 0 aliphatic carbocycles. The molecule has 0 aromatic carbocycles. The molecule has 0 fully saturated rings. The van der Waals surface area contributed by atoms with E-state index in [2.05, 4.69) is 15.1 Å². The van der Waals surface area contributed by atoms with Crippen molar-refractivity contribution in [2.45, 2.75) is 6.92 Å². The van der Waals surface area contributed by atoms with Crippen LogP contribution in [0.4, 0.5) is 5.82 Å². The van der Waals surface area contributed by atoms with E-state index in [1.807, 2.05) is 0 Å². The zero-order chi connectivity index (χ0) is 11.9. The maximum Gasteiger partial charge on any atom is 0.354 e. The Labute approximate surface area is 91.4 Å². The molecule has 0 saturated carbocycles. The molecule has 0 radical (unpaired) electrons. The van der Waals surface area contributed by atoms with Gasteiger partial charge in [0, 0.05) is 20.2 Å². The highest BCUT2D eigenvalue weighted by atomic mass is 16.4. The average Bonchev–Trinajstić information content (AvgIpc) is 2.55. The first-order chi connectivity index (χ1) is 7.49. The van der Waals surface area contributed by atoms with E-state index in [0.717, 1.165) is 0 Å². The van der Waals surface area contributed by atoms with Crippen LogP contribution in [0.15, 0.2) is 6.07 Å². The lowest BCUT2D eigenvalue weighted by Crippen LogP contribution is -2.16. The average molecular weight is 221 g/mol. The third kappa shape index (κ3) is 1.56. The summed E-state index contributed by atoms with van der Waals surface area (Å²) in [4.78, 5) is 20.6. The summed E-state index contributed by atoms with van der Waals surface area (Å²) >= 11 is 0. The number of carboxylic acid groups (broad SMARTS) is 1. The predicted octanol–water partition coefficient (Wildman–Crippen LogP) is 0.197. The van der Waals surface area contributed by atoms with Crippen LogP contribution in [0.3, 0.4) is 0 Å². The van der Waals surface area contributed by atoms with Crippen LogP contribution in [0.2, 0.25) is 0 Å². The van der Waals surface area contributed by atoms with E-state index in [0.29, 0.717) is 17.4 Å². The fourth-order valence-corrected chi connectivity index (χ4v) is 1.38. The smallest absolute Gasteiger partial charge is 0.354 e. The molecule has 16 heavy (non-hydrogen) atoms.